The van der Waals surface area contributed by atoms with Crippen LogP contribution >= 0.6 is 27.7 Å². The Morgan fingerprint density at radius 3 is 2.89 bits per heavy atom. The molecule has 0 radical (unpaired) electrons. The van der Waals surface area contributed by atoms with E-state index in [1.807, 2.05) is 30.3 Å². The molecule has 4 aromatic heterocycles. The average molecular weight is 455 g/mol. The maximum absolute atomic E-state index is 13.1. The fourth-order valence-electron chi connectivity index (χ4n) is 2.91. The quantitative estimate of drug-likeness (QED) is 0.326. The lowest BCUT2D eigenvalue weighted by Gasteiger charge is -2.11. The van der Waals surface area contributed by atoms with Crippen molar-refractivity contribution < 1.29 is 4.42 Å². The smallest absolute Gasteiger partial charge is 0.269 e. The molecule has 0 aliphatic carbocycles. The SMILES string of the molecule is O=c1c2cc(Br)oc2nc(CSc2ncnc3[nH]cnc23)n1-c1ccccc1. The number of rotatable bonds is 4. The minimum atomic E-state index is -0.186. The topological polar surface area (TPSA) is 102 Å². The molecule has 0 saturated carbocycles. The van der Waals surface area contributed by atoms with Crippen molar-refractivity contribution in [2.75, 3.05) is 0 Å². The molecule has 0 fully saturated rings. The first-order valence-corrected chi connectivity index (χ1v) is 10.0. The Bertz CT molecular complexity index is 1360. The van der Waals surface area contributed by atoms with Gasteiger partial charge in [0.2, 0.25) is 5.71 Å². The van der Waals surface area contributed by atoms with Gasteiger partial charge in [-0.3, -0.25) is 9.36 Å². The number of hydrogen-bond donors (Lipinski definition) is 1. The number of aromatic amines is 1. The van der Waals surface area contributed by atoms with Crippen LogP contribution in [-0.4, -0.2) is 29.5 Å². The van der Waals surface area contributed by atoms with E-state index in [-0.39, 0.29) is 5.56 Å². The highest BCUT2D eigenvalue weighted by atomic mass is 79.9. The summed E-state index contributed by atoms with van der Waals surface area (Å²) in [6, 6.07) is 11.0. The molecule has 0 amide bonds. The Kier molecular flexibility index (Phi) is 4.21. The number of aromatic nitrogens is 6. The van der Waals surface area contributed by atoms with Gasteiger partial charge in [-0.2, -0.15) is 4.98 Å². The highest BCUT2D eigenvalue weighted by Gasteiger charge is 2.17. The normalized spacial score (nSPS) is 11.5. The highest BCUT2D eigenvalue weighted by Crippen LogP contribution is 2.27. The summed E-state index contributed by atoms with van der Waals surface area (Å²) in [7, 11) is 0. The first kappa shape index (κ1) is 17.1. The molecular formula is C18H11BrN6O2S. The minimum Gasteiger partial charge on any atom is -0.431 e. The third-order valence-electron chi connectivity index (χ3n) is 4.14. The highest BCUT2D eigenvalue weighted by molar-refractivity contribution is 9.10. The number of furan rings is 1. The summed E-state index contributed by atoms with van der Waals surface area (Å²) in [5, 5.41) is 1.13. The number of halogens is 1. The van der Waals surface area contributed by atoms with E-state index in [4.69, 9.17) is 4.42 Å². The molecule has 5 rings (SSSR count). The molecule has 0 aliphatic heterocycles. The van der Waals surface area contributed by atoms with Gasteiger partial charge in [-0.05, 0) is 28.1 Å². The van der Waals surface area contributed by atoms with Crippen molar-refractivity contribution >= 4 is 50.0 Å². The molecule has 1 N–H and O–H groups in total. The zero-order valence-corrected chi connectivity index (χ0v) is 16.6. The molecule has 138 valence electrons. The lowest BCUT2D eigenvalue weighted by atomic mass is 10.3. The Labute approximate surface area is 170 Å². The molecule has 8 nitrogen and oxygen atoms in total. The van der Waals surface area contributed by atoms with E-state index >= 15 is 0 Å². The fourth-order valence-corrected chi connectivity index (χ4v) is 4.16. The van der Waals surface area contributed by atoms with E-state index in [0.29, 0.717) is 43.5 Å². The zero-order chi connectivity index (χ0) is 19.1. The Morgan fingerprint density at radius 1 is 1.18 bits per heavy atom. The number of H-pyrrole nitrogens is 1. The van der Waals surface area contributed by atoms with Gasteiger partial charge in [-0.15, -0.1) is 0 Å². The van der Waals surface area contributed by atoms with Crippen LogP contribution in [0.15, 0.2) is 68.0 Å². The predicted molar refractivity (Wildman–Crippen MR) is 109 cm³/mol. The number of benzene rings is 1. The van der Waals surface area contributed by atoms with Gasteiger partial charge < -0.3 is 9.40 Å². The number of nitrogens with zero attached hydrogens (tertiary/aromatic N) is 5. The van der Waals surface area contributed by atoms with Crippen LogP contribution in [0.25, 0.3) is 28.0 Å². The zero-order valence-electron chi connectivity index (χ0n) is 14.2. The van der Waals surface area contributed by atoms with Crippen LogP contribution in [0.3, 0.4) is 0 Å². The van der Waals surface area contributed by atoms with Gasteiger partial charge in [-0.1, -0.05) is 30.0 Å². The van der Waals surface area contributed by atoms with Crippen molar-refractivity contribution in [2.24, 2.45) is 0 Å². The van der Waals surface area contributed by atoms with E-state index in [2.05, 4.69) is 40.8 Å². The van der Waals surface area contributed by atoms with Crippen molar-refractivity contribution in [3.05, 3.63) is 69.9 Å². The van der Waals surface area contributed by atoms with E-state index in [1.165, 1.54) is 18.1 Å². The Morgan fingerprint density at radius 2 is 2.04 bits per heavy atom. The van der Waals surface area contributed by atoms with E-state index in [1.54, 1.807) is 17.0 Å². The van der Waals surface area contributed by atoms with Gasteiger partial charge in [-0.25, -0.2) is 15.0 Å². The van der Waals surface area contributed by atoms with E-state index in [9.17, 15) is 4.79 Å². The van der Waals surface area contributed by atoms with Crippen molar-refractivity contribution in [1.29, 1.82) is 0 Å². The molecular weight excluding hydrogens is 444 g/mol. The van der Waals surface area contributed by atoms with Gasteiger partial charge in [0.05, 0.1) is 17.8 Å². The summed E-state index contributed by atoms with van der Waals surface area (Å²) in [4.78, 5) is 33.4. The number of fused-ring (bicyclic) bond motifs is 2. The van der Waals surface area contributed by atoms with Crippen LogP contribution < -0.4 is 5.56 Å². The van der Waals surface area contributed by atoms with Crippen molar-refractivity contribution in [3.8, 4) is 5.69 Å². The molecule has 0 atom stereocenters. The second-order valence-corrected chi connectivity index (χ2v) is 7.59. The monoisotopic (exact) mass is 454 g/mol. The summed E-state index contributed by atoms with van der Waals surface area (Å²) >= 11 is 4.71. The molecule has 0 saturated heterocycles. The first-order chi connectivity index (χ1) is 13.7. The van der Waals surface area contributed by atoms with Gasteiger partial charge in [0, 0.05) is 6.07 Å². The van der Waals surface area contributed by atoms with Crippen LogP contribution in [0, 0.1) is 0 Å². The van der Waals surface area contributed by atoms with Gasteiger partial charge >= 0.3 is 0 Å². The molecule has 0 spiro atoms. The lowest BCUT2D eigenvalue weighted by Crippen LogP contribution is -2.23. The lowest BCUT2D eigenvalue weighted by molar-refractivity contribution is 0.572. The van der Waals surface area contributed by atoms with Crippen LogP contribution in [0.1, 0.15) is 5.82 Å². The molecule has 0 unspecified atom stereocenters. The number of nitrogens with one attached hydrogen (secondary N) is 1. The Hall–Kier alpha value is -2.98. The molecule has 10 heteroatoms. The molecule has 0 bridgehead atoms. The largest absolute Gasteiger partial charge is 0.431 e. The van der Waals surface area contributed by atoms with E-state index < -0.39 is 0 Å². The maximum atomic E-state index is 13.1. The van der Waals surface area contributed by atoms with Gasteiger partial charge in [0.25, 0.3) is 5.56 Å². The summed E-state index contributed by atoms with van der Waals surface area (Å²) in [6.07, 6.45) is 3.06. The molecule has 4 heterocycles. The van der Waals surface area contributed by atoms with Crippen LogP contribution in [0.5, 0.6) is 0 Å². The van der Waals surface area contributed by atoms with Crippen molar-refractivity contribution in [1.82, 2.24) is 29.5 Å². The first-order valence-electron chi connectivity index (χ1n) is 8.24. The van der Waals surface area contributed by atoms with Crippen LogP contribution in [0.4, 0.5) is 0 Å². The van der Waals surface area contributed by atoms with Crippen LogP contribution in [-0.2, 0) is 5.75 Å². The van der Waals surface area contributed by atoms with E-state index in [0.717, 1.165) is 5.69 Å². The molecule has 5 aromatic rings. The second-order valence-electron chi connectivity index (χ2n) is 5.84. The molecule has 28 heavy (non-hydrogen) atoms. The number of para-hydroxylation sites is 1. The van der Waals surface area contributed by atoms with Crippen LogP contribution in [0.2, 0.25) is 0 Å². The number of thioether (sulfide) groups is 1. The third-order valence-corrected chi connectivity index (χ3v) is 5.51. The van der Waals surface area contributed by atoms with Gasteiger partial charge in [0.1, 0.15) is 28.1 Å². The Balaban J connectivity index is 1.63. The predicted octanol–water partition coefficient (Wildman–Crippen LogP) is 3.70. The summed E-state index contributed by atoms with van der Waals surface area (Å²) in [5.41, 5.74) is 2.20. The van der Waals surface area contributed by atoms with Gasteiger partial charge in [0.15, 0.2) is 10.3 Å². The fraction of sp³-hybridized carbons (Fsp3) is 0.0556. The standard InChI is InChI=1S/C18H11BrN6O2S/c19-12-6-11-16(27-12)24-13(25(18(11)26)10-4-2-1-3-5-10)7-28-17-14-15(21-8-20-14)22-9-23-17/h1-6,8-9H,7H2,(H,20,21,22,23). The second kappa shape index (κ2) is 6.88. The summed E-state index contributed by atoms with van der Waals surface area (Å²) in [5.74, 6) is 0.954. The third kappa shape index (κ3) is 2.90. The van der Waals surface area contributed by atoms with Crippen molar-refractivity contribution in [2.45, 2.75) is 10.8 Å². The van der Waals surface area contributed by atoms with Crippen molar-refractivity contribution in [3.63, 3.8) is 0 Å². The average Bonchev–Trinajstić information content (AvgIpc) is 3.33. The number of hydrogen-bond acceptors (Lipinski definition) is 7. The summed E-state index contributed by atoms with van der Waals surface area (Å²) in [6.45, 7) is 0. The number of imidazole rings is 1. The molecule has 1 aromatic carbocycles. The maximum Gasteiger partial charge on any atom is 0.269 e. The minimum absolute atomic E-state index is 0.186. The summed E-state index contributed by atoms with van der Waals surface area (Å²) < 4.78 is 7.59. The molecule has 0 aliphatic rings.